The summed E-state index contributed by atoms with van der Waals surface area (Å²) in [4.78, 5) is 15.5. The molecule has 1 saturated heterocycles. The van der Waals surface area contributed by atoms with E-state index < -0.39 is 5.41 Å². The number of carbonyl (C=O) groups is 1. The average Bonchev–Trinajstić information content (AvgIpc) is 3.48. The van der Waals surface area contributed by atoms with Crippen LogP contribution in [0.2, 0.25) is 0 Å². The number of carbonyl (C=O) groups excluding carboxylic acids is 1. The predicted octanol–water partition coefficient (Wildman–Crippen LogP) is 4.86. The van der Waals surface area contributed by atoms with Gasteiger partial charge in [-0.2, -0.15) is 0 Å². The van der Waals surface area contributed by atoms with Gasteiger partial charge in [-0.15, -0.1) is 0 Å². The lowest BCUT2D eigenvalue weighted by Crippen LogP contribution is -2.44. The maximum absolute atomic E-state index is 13.4. The zero-order chi connectivity index (χ0) is 21.3. The maximum atomic E-state index is 13.4. The Morgan fingerprint density at radius 2 is 1.87 bits per heavy atom. The Hall–Kier alpha value is -3.08. The number of hydrogen-bond acceptors (Lipinski definition) is 4. The minimum Gasteiger partial charge on any atom is -0.497 e. The summed E-state index contributed by atoms with van der Waals surface area (Å²) in [5.41, 5.74) is 2.57. The fraction of sp³-hybridized carbons (Fsp3) is 0.385. The molecule has 1 aliphatic heterocycles. The molecule has 160 valence electrons. The molecule has 3 aromatic rings. The predicted molar refractivity (Wildman–Crippen MR) is 119 cm³/mol. The number of likely N-dealkylation sites (tertiary alicyclic amines) is 1. The lowest BCUT2D eigenvalue weighted by molar-refractivity contribution is -0.135. The van der Waals surface area contributed by atoms with Crippen molar-refractivity contribution in [2.75, 3.05) is 20.2 Å². The second-order valence-electron chi connectivity index (χ2n) is 8.82. The quantitative estimate of drug-likeness (QED) is 0.576. The number of hydrogen-bond donors (Lipinski definition) is 0. The highest BCUT2D eigenvalue weighted by molar-refractivity contribution is 5.91. The van der Waals surface area contributed by atoms with Crippen molar-refractivity contribution in [3.8, 4) is 17.1 Å². The third-order valence-corrected chi connectivity index (χ3v) is 6.78. The Labute approximate surface area is 183 Å². The van der Waals surface area contributed by atoms with Crippen LogP contribution >= 0.6 is 0 Å². The van der Waals surface area contributed by atoms with Crippen molar-refractivity contribution < 1.29 is 14.1 Å². The van der Waals surface area contributed by atoms with E-state index in [1.165, 1.54) is 5.56 Å². The molecular formula is C26H28N2O3. The van der Waals surface area contributed by atoms with Crippen LogP contribution in [0.25, 0.3) is 11.3 Å². The first kappa shape index (κ1) is 19.9. The van der Waals surface area contributed by atoms with Crippen LogP contribution in [-0.2, 0) is 16.6 Å². The summed E-state index contributed by atoms with van der Waals surface area (Å²) in [6, 6.07) is 20.3. The minimum atomic E-state index is -0.493. The van der Waals surface area contributed by atoms with E-state index in [-0.39, 0.29) is 5.91 Å². The lowest BCUT2D eigenvalue weighted by atomic mass is 9.89. The van der Waals surface area contributed by atoms with Gasteiger partial charge in [0.1, 0.15) is 5.75 Å². The molecule has 1 aromatic heterocycles. The highest BCUT2D eigenvalue weighted by Crippen LogP contribution is 2.50. The summed E-state index contributed by atoms with van der Waals surface area (Å²) in [6.45, 7) is 1.66. The smallest absolute Gasteiger partial charge is 0.234 e. The third-order valence-electron chi connectivity index (χ3n) is 6.78. The van der Waals surface area contributed by atoms with Gasteiger partial charge in [0, 0.05) is 24.7 Å². The summed E-state index contributed by atoms with van der Waals surface area (Å²) in [5, 5.41) is 4.31. The van der Waals surface area contributed by atoms with E-state index in [0.29, 0.717) is 11.7 Å². The molecule has 0 N–H and O–H groups in total. The van der Waals surface area contributed by atoms with Crippen LogP contribution in [0.3, 0.4) is 0 Å². The van der Waals surface area contributed by atoms with Gasteiger partial charge >= 0.3 is 0 Å². The third kappa shape index (κ3) is 3.97. The average molecular weight is 417 g/mol. The first-order valence-corrected chi connectivity index (χ1v) is 11.1. The highest BCUT2D eigenvalue weighted by atomic mass is 16.5. The van der Waals surface area contributed by atoms with E-state index in [9.17, 15) is 4.79 Å². The summed E-state index contributed by atoms with van der Waals surface area (Å²) >= 11 is 0. The molecule has 2 heterocycles. The summed E-state index contributed by atoms with van der Waals surface area (Å²) < 4.78 is 10.9. The van der Waals surface area contributed by atoms with Crippen LogP contribution in [0.1, 0.15) is 36.9 Å². The fourth-order valence-electron chi connectivity index (χ4n) is 4.71. The monoisotopic (exact) mass is 416 g/mol. The molecule has 2 fully saturated rings. The number of nitrogens with zero attached hydrogens (tertiary/aromatic N) is 2. The van der Waals surface area contributed by atoms with E-state index in [4.69, 9.17) is 9.26 Å². The first-order chi connectivity index (χ1) is 15.2. The second kappa shape index (κ2) is 8.22. The molecule has 5 rings (SSSR count). The molecule has 1 amide bonds. The largest absolute Gasteiger partial charge is 0.497 e. The summed E-state index contributed by atoms with van der Waals surface area (Å²) in [5.74, 6) is 2.31. The van der Waals surface area contributed by atoms with Crippen molar-refractivity contribution in [2.45, 2.75) is 37.5 Å². The van der Waals surface area contributed by atoms with E-state index in [1.54, 1.807) is 7.11 Å². The van der Waals surface area contributed by atoms with E-state index in [2.05, 4.69) is 35.5 Å². The molecule has 0 bridgehead atoms. The normalized spacial score (nSPS) is 18.0. The standard InChI is InChI=1S/C26H28N2O3/c1-30-22-9-5-8-21(17-22)23-18-24(27-31-23)26(12-13-26)25(29)28-14-10-20(11-15-28)16-19-6-3-2-4-7-19/h2-9,17-18,20H,10-16H2,1H3. The molecule has 5 nitrogen and oxygen atoms in total. The molecular weight excluding hydrogens is 388 g/mol. The van der Waals surface area contributed by atoms with E-state index in [1.807, 2.05) is 35.2 Å². The van der Waals surface area contributed by atoms with Crippen LogP contribution in [0.5, 0.6) is 5.75 Å². The number of piperidine rings is 1. The van der Waals surface area contributed by atoms with Crippen molar-refractivity contribution in [3.63, 3.8) is 0 Å². The molecule has 2 aromatic carbocycles. The van der Waals surface area contributed by atoms with Gasteiger partial charge in [-0.1, -0.05) is 47.6 Å². The summed E-state index contributed by atoms with van der Waals surface area (Å²) in [6.07, 6.45) is 4.91. The van der Waals surface area contributed by atoms with Crippen LogP contribution in [-0.4, -0.2) is 36.2 Å². The molecule has 0 spiro atoms. The van der Waals surface area contributed by atoms with Gasteiger partial charge < -0.3 is 14.2 Å². The van der Waals surface area contributed by atoms with Crippen molar-refractivity contribution in [3.05, 3.63) is 71.9 Å². The molecule has 5 heteroatoms. The first-order valence-electron chi connectivity index (χ1n) is 11.1. The fourth-order valence-corrected chi connectivity index (χ4v) is 4.71. The number of rotatable bonds is 6. The Morgan fingerprint density at radius 1 is 1.10 bits per heavy atom. The Bertz CT molecular complexity index is 1050. The van der Waals surface area contributed by atoms with Gasteiger partial charge in [0.05, 0.1) is 18.2 Å². The molecule has 2 aliphatic rings. The molecule has 0 atom stereocenters. The molecule has 1 saturated carbocycles. The molecule has 0 unspecified atom stereocenters. The Morgan fingerprint density at radius 3 is 2.58 bits per heavy atom. The molecule has 1 aliphatic carbocycles. The number of methoxy groups -OCH3 is 1. The second-order valence-corrected chi connectivity index (χ2v) is 8.82. The zero-order valence-corrected chi connectivity index (χ0v) is 17.9. The van der Waals surface area contributed by atoms with Crippen LogP contribution in [0.4, 0.5) is 0 Å². The van der Waals surface area contributed by atoms with Crippen LogP contribution < -0.4 is 4.74 Å². The zero-order valence-electron chi connectivity index (χ0n) is 17.9. The topological polar surface area (TPSA) is 55.6 Å². The van der Waals surface area contributed by atoms with Crippen LogP contribution in [0, 0.1) is 5.92 Å². The van der Waals surface area contributed by atoms with Gasteiger partial charge in [-0.3, -0.25) is 4.79 Å². The highest BCUT2D eigenvalue weighted by Gasteiger charge is 2.55. The van der Waals surface area contributed by atoms with E-state index >= 15 is 0 Å². The molecule has 0 radical (unpaired) electrons. The van der Waals surface area contributed by atoms with Crippen LogP contribution in [0.15, 0.2) is 65.2 Å². The van der Waals surface area contributed by atoms with Crippen molar-refractivity contribution in [2.24, 2.45) is 5.92 Å². The molecule has 31 heavy (non-hydrogen) atoms. The van der Waals surface area contributed by atoms with Crippen molar-refractivity contribution >= 4 is 5.91 Å². The number of ether oxygens (including phenoxy) is 1. The Balaban J connectivity index is 1.25. The summed E-state index contributed by atoms with van der Waals surface area (Å²) in [7, 11) is 1.64. The minimum absolute atomic E-state index is 0.219. The number of amides is 1. The lowest BCUT2D eigenvalue weighted by Gasteiger charge is -2.34. The van der Waals surface area contributed by atoms with Crippen molar-refractivity contribution in [1.29, 1.82) is 0 Å². The Kier molecular flexibility index (Phi) is 5.26. The van der Waals surface area contributed by atoms with Gasteiger partial charge in [-0.25, -0.2) is 0 Å². The number of benzene rings is 2. The van der Waals surface area contributed by atoms with Crippen molar-refractivity contribution in [1.82, 2.24) is 10.1 Å². The van der Waals surface area contributed by atoms with Gasteiger partial charge in [0.2, 0.25) is 5.91 Å². The van der Waals surface area contributed by atoms with Gasteiger partial charge in [0.25, 0.3) is 0 Å². The number of aromatic nitrogens is 1. The SMILES string of the molecule is COc1cccc(-c2cc(C3(C(=O)N4CCC(Cc5ccccc5)CC4)CC3)no2)c1. The van der Waals surface area contributed by atoms with E-state index in [0.717, 1.165) is 62.2 Å². The maximum Gasteiger partial charge on any atom is 0.234 e. The van der Waals surface area contributed by atoms with Gasteiger partial charge in [0.15, 0.2) is 5.76 Å². The van der Waals surface area contributed by atoms with Gasteiger partial charge in [-0.05, 0) is 55.7 Å².